The third-order valence-corrected chi connectivity index (χ3v) is 6.66. The van der Waals surface area contributed by atoms with Gasteiger partial charge in [0, 0.05) is 6.54 Å². The van der Waals surface area contributed by atoms with Crippen LogP contribution in [0.15, 0.2) is 60.7 Å². The first-order chi connectivity index (χ1) is 18.6. The number of piperidine rings is 1. The monoisotopic (exact) mass is 528 g/mol. The number of hydrogen-bond donors (Lipinski definition) is 0. The molecule has 0 radical (unpaired) electrons. The molecule has 7 nitrogen and oxygen atoms in total. The van der Waals surface area contributed by atoms with Crippen LogP contribution in [0, 0.1) is 11.3 Å². The molecule has 2 atom stereocenters. The van der Waals surface area contributed by atoms with Gasteiger partial charge in [-0.1, -0.05) is 36.4 Å². The molecule has 0 bridgehead atoms. The second-order valence-corrected chi connectivity index (χ2v) is 10.9. The predicted molar refractivity (Wildman–Crippen MR) is 150 cm³/mol. The summed E-state index contributed by atoms with van der Waals surface area (Å²) in [5.41, 5.74) is 1.89. The van der Waals surface area contributed by atoms with Crippen molar-refractivity contribution in [3.63, 3.8) is 0 Å². The zero-order valence-electron chi connectivity index (χ0n) is 23.1. The van der Waals surface area contributed by atoms with Crippen molar-refractivity contribution in [1.29, 1.82) is 5.26 Å². The van der Waals surface area contributed by atoms with E-state index in [2.05, 4.69) is 6.07 Å². The van der Waals surface area contributed by atoms with Crippen LogP contribution in [-0.2, 0) is 20.7 Å². The average molecular weight is 529 g/mol. The molecule has 0 spiro atoms. The molecule has 0 saturated carbocycles. The van der Waals surface area contributed by atoms with Crippen LogP contribution < -0.4 is 4.74 Å². The predicted octanol–water partition coefficient (Wildman–Crippen LogP) is 6.38. The van der Waals surface area contributed by atoms with Gasteiger partial charge in [-0.3, -0.25) is 4.79 Å². The number of nitrogens with zero attached hydrogens (tertiary/aromatic N) is 2. The number of esters is 1. The summed E-state index contributed by atoms with van der Waals surface area (Å²) in [6.07, 6.45) is 1.71. The van der Waals surface area contributed by atoms with Gasteiger partial charge in [0.15, 0.2) is 0 Å². The topological polar surface area (TPSA) is 88.9 Å². The molecule has 7 heteroatoms. The van der Waals surface area contributed by atoms with Crippen molar-refractivity contribution in [3.8, 4) is 11.8 Å². The first kappa shape index (κ1) is 28.0. The van der Waals surface area contributed by atoms with Gasteiger partial charge in [0.1, 0.15) is 17.5 Å². The van der Waals surface area contributed by atoms with Gasteiger partial charge in [-0.05, 0) is 93.1 Å². The highest BCUT2D eigenvalue weighted by Crippen LogP contribution is 2.28. The maximum atomic E-state index is 13.0. The fraction of sp³-hybridized carbons (Fsp3) is 0.406. The van der Waals surface area contributed by atoms with Crippen LogP contribution in [0.25, 0.3) is 10.8 Å². The van der Waals surface area contributed by atoms with Crippen molar-refractivity contribution in [2.75, 3.05) is 19.7 Å². The number of fused-ring (bicyclic) bond motifs is 1. The summed E-state index contributed by atoms with van der Waals surface area (Å²) < 4.78 is 17.1. The largest absolute Gasteiger partial charge is 0.489 e. The standard InChI is InChI=1S/C32H36N2O5/c1-5-37-30(35)29(19-22-8-10-24-11-9-23(20-33)18-26(24)17-22)25-12-14-27(15-13-25)38-28-7-6-16-34(21-28)31(36)39-32(2,3)4/h8-15,17-18,28-29H,5-7,16,19,21H2,1-4H3/t28-,29?/m1/s1. The summed E-state index contributed by atoms with van der Waals surface area (Å²) in [7, 11) is 0. The summed E-state index contributed by atoms with van der Waals surface area (Å²) in [6.45, 7) is 8.81. The number of nitriles is 1. The molecule has 3 aromatic rings. The molecule has 1 aliphatic rings. The van der Waals surface area contributed by atoms with Gasteiger partial charge in [0.2, 0.25) is 0 Å². The Morgan fingerprint density at radius 3 is 2.49 bits per heavy atom. The van der Waals surface area contributed by atoms with Gasteiger partial charge in [0.05, 0.1) is 30.7 Å². The first-order valence-electron chi connectivity index (χ1n) is 13.5. The van der Waals surface area contributed by atoms with Crippen LogP contribution in [0.2, 0.25) is 0 Å². The number of hydrogen-bond acceptors (Lipinski definition) is 6. The van der Waals surface area contributed by atoms with Gasteiger partial charge in [-0.2, -0.15) is 5.26 Å². The van der Waals surface area contributed by atoms with E-state index >= 15 is 0 Å². The average Bonchev–Trinajstić information content (AvgIpc) is 2.91. The molecule has 3 aromatic carbocycles. The zero-order valence-corrected chi connectivity index (χ0v) is 23.1. The highest BCUT2D eigenvalue weighted by molar-refractivity contribution is 5.85. The lowest BCUT2D eigenvalue weighted by molar-refractivity contribution is -0.144. The molecule has 0 aliphatic carbocycles. The van der Waals surface area contributed by atoms with E-state index in [1.807, 2.05) is 75.4 Å². The van der Waals surface area contributed by atoms with Gasteiger partial charge >= 0.3 is 12.1 Å². The Balaban J connectivity index is 1.47. The molecule has 0 N–H and O–H groups in total. The molecule has 4 rings (SSSR count). The zero-order chi connectivity index (χ0) is 28.0. The molecule has 1 saturated heterocycles. The molecule has 0 aromatic heterocycles. The minimum Gasteiger partial charge on any atom is -0.489 e. The quantitative estimate of drug-likeness (QED) is 0.331. The number of benzene rings is 3. The van der Waals surface area contributed by atoms with Crippen LogP contribution in [-0.4, -0.2) is 48.4 Å². The minimum absolute atomic E-state index is 0.131. The summed E-state index contributed by atoms with van der Waals surface area (Å²) in [5.74, 6) is -0.0719. The SMILES string of the molecule is CCOC(=O)C(Cc1ccc2ccc(C#N)cc2c1)c1ccc(O[C@@H]2CCCN(C(=O)OC(C)(C)C)C2)cc1. The lowest BCUT2D eigenvalue weighted by atomic mass is 9.91. The van der Waals surface area contributed by atoms with Crippen molar-refractivity contribution in [3.05, 3.63) is 77.4 Å². The number of carbonyl (C=O) groups is 2. The fourth-order valence-corrected chi connectivity index (χ4v) is 4.81. The van der Waals surface area contributed by atoms with E-state index in [0.717, 1.165) is 34.7 Å². The molecule has 1 amide bonds. The van der Waals surface area contributed by atoms with Crippen molar-refractivity contribution in [2.24, 2.45) is 0 Å². The molecule has 1 aliphatic heterocycles. The van der Waals surface area contributed by atoms with Gasteiger partial charge in [-0.15, -0.1) is 0 Å². The molecular formula is C32H36N2O5. The normalized spacial score (nSPS) is 16.3. The van der Waals surface area contributed by atoms with E-state index in [-0.39, 0.29) is 18.2 Å². The van der Waals surface area contributed by atoms with E-state index in [9.17, 15) is 14.9 Å². The summed E-state index contributed by atoms with van der Waals surface area (Å²) >= 11 is 0. The van der Waals surface area contributed by atoms with Gasteiger partial charge in [0.25, 0.3) is 0 Å². The molecule has 1 unspecified atom stereocenters. The Morgan fingerprint density at radius 1 is 1.05 bits per heavy atom. The van der Waals surface area contributed by atoms with Crippen LogP contribution in [0.4, 0.5) is 4.79 Å². The molecular weight excluding hydrogens is 492 g/mol. The smallest absolute Gasteiger partial charge is 0.410 e. The number of likely N-dealkylation sites (tertiary alicyclic amines) is 1. The van der Waals surface area contributed by atoms with Crippen molar-refractivity contribution in [1.82, 2.24) is 4.90 Å². The molecule has 1 heterocycles. The second kappa shape index (κ2) is 12.2. The van der Waals surface area contributed by atoms with Crippen molar-refractivity contribution in [2.45, 2.75) is 64.6 Å². The Kier molecular flexibility index (Phi) is 8.75. The van der Waals surface area contributed by atoms with E-state index in [1.54, 1.807) is 17.9 Å². The van der Waals surface area contributed by atoms with E-state index in [4.69, 9.17) is 14.2 Å². The van der Waals surface area contributed by atoms with Crippen LogP contribution >= 0.6 is 0 Å². The number of carbonyl (C=O) groups excluding carboxylic acids is 2. The van der Waals surface area contributed by atoms with E-state index in [0.29, 0.717) is 37.4 Å². The summed E-state index contributed by atoms with van der Waals surface area (Å²) in [4.78, 5) is 27.2. The van der Waals surface area contributed by atoms with E-state index in [1.165, 1.54) is 0 Å². The van der Waals surface area contributed by atoms with Crippen molar-refractivity contribution < 1.29 is 23.8 Å². The Labute approximate surface area is 230 Å². The summed E-state index contributed by atoms with van der Waals surface area (Å²) in [6, 6.07) is 21.4. The van der Waals surface area contributed by atoms with Crippen LogP contribution in [0.5, 0.6) is 5.75 Å². The lowest BCUT2D eigenvalue weighted by Gasteiger charge is -2.34. The third-order valence-electron chi connectivity index (χ3n) is 6.66. The number of ether oxygens (including phenoxy) is 3. The Hall–Kier alpha value is -4.05. The molecule has 39 heavy (non-hydrogen) atoms. The highest BCUT2D eigenvalue weighted by Gasteiger charge is 2.29. The lowest BCUT2D eigenvalue weighted by Crippen LogP contribution is -2.46. The number of amides is 1. The van der Waals surface area contributed by atoms with Crippen molar-refractivity contribution >= 4 is 22.8 Å². The maximum Gasteiger partial charge on any atom is 0.410 e. The van der Waals surface area contributed by atoms with Gasteiger partial charge in [-0.25, -0.2) is 4.79 Å². The Bertz CT molecular complexity index is 1350. The van der Waals surface area contributed by atoms with Crippen LogP contribution in [0.3, 0.4) is 0 Å². The first-order valence-corrected chi connectivity index (χ1v) is 13.5. The molecule has 204 valence electrons. The Morgan fingerprint density at radius 2 is 1.79 bits per heavy atom. The maximum absolute atomic E-state index is 13.0. The summed E-state index contributed by atoms with van der Waals surface area (Å²) in [5, 5.41) is 11.3. The fourth-order valence-electron chi connectivity index (χ4n) is 4.81. The van der Waals surface area contributed by atoms with E-state index < -0.39 is 11.5 Å². The highest BCUT2D eigenvalue weighted by atomic mass is 16.6. The van der Waals surface area contributed by atoms with Gasteiger partial charge < -0.3 is 19.1 Å². The minimum atomic E-state index is -0.539. The van der Waals surface area contributed by atoms with Crippen LogP contribution in [0.1, 0.15) is 63.1 Å². The third kappa shape index (κ3) is 7.51. The molecule has 1 fully saturated rings. The number of rotatable bonds is 7. The second-order valence-electron chi connectivity index (χ2n) is 10.9.